The Morgan fingerprint density at radius 3 is 2.41 bits per heavy atom. The Kier molecular flexibility index (Phi) is 4.28. The summed E-state index contributed by atoms with van der Waals surface area (Å²) in [5, 5.41) is 8.85. The van der Waals surface area contributed by atoms with Crippen LogP contribution in [0, 0.1) is 6.92 Å². The van der Waals surface area contributed by atoms with E-state index in [1.807, 2.05) is 13.0 Å². The maximum absolute atomic E-state index is 12.0. The van der Waals surface area contributed by atoms with Gasteiger partial charge in [0.2, 0.25) is 0 Å². The molecule has 0 bridgehead atoms. The predicted molar refractivity (Wildman–Crippen MR) is 68.1 cm³/mol. The molecule has 0 spiro atoms. The Labute approximate surface area is 108 Å². The van der Waals surface area contributed by atoms with E-state index >= 15 is 0 Å². The number of carbonyl (C=O) groups is 2. The van der Waals surface area contributed by atoms with Crippen LogP contribution in [0.2, 0.25) is 0 Å². The van der Waals surface area contributed by atoms with Gasteiger partial charge in [0.25, 0.3) is 5.91 Å². The molecule has 0 radical (unpaired) electrons. The van der Waals surface area contributed by atoms with Crippen LogP contribution >= 0.6 is 15.9 Å². The molecule has 17 heavy (non-hydrogen) atoms. The summed E-state index contributed by atoms with van der Waals surface area (Å²) in [6.07, 6.45) is 0. The molecule has 0 aromatic heterocycles. The monoisotopic (exact) mass is 299 g/mol. The first kappa shape index (κ1) is 13.7. The zero-order valence-corrected chi connectivity index (χ0v) is 11.5. The molecule has 92 valence electrons. The minimum Gasteiger partial charge on any atom is -0.480 e. The summed E-state index contributed by atoms with van der Waals surface area (Å²) in [6, 6.07) is 4.46. The van der Waals surface area contributed by atoms with Crippen LogP contribution < -0.4 is 0 Å². The number of nitrogens with zero attached hydrogens (tertiary/aromatic N) is 1. The van der Waals surface area contributed by atoms with Crippen molar-refractivity contribution in [2.45, 2.75) is 19.9 Å². The summed E-state index contributed by atoms with van der Waals surface area (Å²) in [5.74, 6) is -1.32. The molecular formula is C12H14BrNO3. The molecule has 0 aliphatic carbocycles. The Morgan fingerprint density at radius 1 is 1.35 bits per heavy atom. The van der Waals surface area contributed by atoms with E-state index in [1.165, 1.54) is 18.9 Å². The second-order valence-corrected chi connectivity index (χ2v) is 4.86. The highest BCUT2D eigenvalue weighted by Crippen LogP contribution is 2.17. The van der Waals surface area contributed by atoms with Gasteiger partial charge in [-0.3, -0.25) is 4.79 Å². The Balaban J connectivity index is 3.00. The third-order valence-corrected chi connectivity index (χ3v) is 3.01. The summed E-state index contributed by atoms with van der Waals surface area (Å²) >= 11 is 3.31. The molecule has 0 saturated heterocycles. The van der Waals surface area contributed by atoms with E-state index in [-0.39, 0.29) is 5.91 Å². The van der Waals surface area contributed by atoms with E-state index in [9.17, 15) is 9.59 Å². The molecular weight excluding hydrogens is 286 g/mol. The molecule has 0 aliphatic heterocycles. The molecule has 1 rings (SSSR count). The summed E-state index contributed by atoms with van der Waals surface area (Å²) in [5.41, 5.74) is 1.42. The highest BCUT2D eigenvalue weighted by atomic mass is 79.9. The maximum atomic E-state index is 12.0. The molecule has 1 unspecified atom stereocenters. The lowest BCUT2D eigenvalue weighted by molar-refractivity contribution is -0.141. The predicted octanol–water partition coefficient (Wildman–Crippen LogP) is 2.30. The quantitative estimate of drug-likeness (QED) is 0.932. The Morgan fingerprint density at radius 2 is 1.94 bits per heavy atom. The molecule has 0 fully saturated rings. The number of carbonyl (C=O) groups excluding carboxylic acids is 1. The smallest absolute Gasteiger partial charge is 0.326 e. The van der Waals surface area contributed by atoms with Crippen LogP contribution in [0.25, 0.3) is 0 Å². The normalized spacial score (nSPS) is 12.0. The second-order valence-electron chi connectivity index (χ2n) is 3.95. The molecule has 0 heterocycles. The largest absolute Gasteiger partial charge is 0.480 e. The van der Waals surface area contributed by atoms with Crippen LogP contribution in [0.5, 0.6) is 0 Å². The molecule has 5 heteroatoms. The fourth-order valence-electron chi connectivity index (χ4n) is 1.40. The second kappa shape index (κ2) is 5.31. The van der Waals surface area contributed by atoms with Gasteiger partial charge in [0.1, 0.15) is 6.04 Å². The molecule has 0 aliphatic rings. The van der Waals surface area contributed by atoms with Gasteiger partial charge in [-0.15, -0.1) is 0 Å². The zero-order chi connectivity index (χ0) is 13.2. The van der Waals surface area contributed by atoms with Gasteiger partial charge < -0.3 is 10.0 Å². The third kappa shape index (κ3) is 3.30. The van der Waals surface area contributed by atoms with E-state index < -0.39 is 12.0 Å². The SMILES string of the molecule is Cc1cc(Br)cc(C(=O)N(C)C(C)C(=O)O)c1. The van der Waals surface area contributed by atoms with Gasteiger partial charge in [-0.25, -0.2) is 4.79 Å². The number of hydrogen-bond acceptors (Lipinski definition) is 2. The topological polar surface area (TPSA) is 57.6 Å². The van der Waals surface area contributed by atoms with Gasteiger partial charge in [-0.1, -0.05) is 15.9 Å². The van der Waals surface area contributed by atoms with Crippen LogP contribution in [0.3, 0.4) is 0 Å². The number of aliphatic carboxylic acids is 1. The fourth-order valence-corrected chi connectivity index (χ4v) is 2.01. The van der Waals surface area contributed by atoms with Gasteiger partial charge in [0.05, 0.1) is 0 Å². The minimum atomic E-state index is -1.02. The van der Waals surface area contributed by atoms with E-state index in [2.05, 4.69) is 15.9 Å². The summed E-state index contributed by atoms with van der Waals surface area (Å²) < 4.78 is 0.803. The number of likely N-dealkylation sites (N-methyl/N-ethyl adjacent to an activating group) is 1. The van der Waals surface area contributed by atoms with Crippen molar-refractivity contribution in [2.24, 2.45) is 0 Å². The van der Waals surface area contributed by atoms with Crippen molar-refractivity contribution in [3.63, 3.8) is 0 Å². The molecule has 1 N–H and O–H groups in total. The fraction of sp³-hybridized carbons (Fsp3) is 0.333. The van der Waals surface area contributed by atoms with Crippen molar-refractivity contribution >= 4 is 27.8 Å². The van der Waals surface area contributed by atoms with Crippen molar-refractivity contribution in [3.8, 4) is 0 Å². The van der Waals surface area contributed by atoms with Crippen LogP contribution in [0.15, 0.2) is 22.7 Å². The van der Waals surface area contributed by atoms with Gasteiger partial charge in [-0.2, -0.15) is 0 Å². The number of halogens is 1. The van der Waals surface area contributed by atoms with E-state index in [4.69, 9.17) is 5.11 Å². The lowest BCUT2D eigenvalue weighted by atomic mass is 10.1. The highest BCUT2D eigenvalue weighted by molar-refractivity contribution is 9.10. The number of aryl methyl sites for hydroxylation is 1. The van der Waals surface area contributed by atoms with E-state index in [1.54, 1.807) is 12.1 Å². The van der Waals surface area contributed by atoms with Crippen molar-refractivity contribution in [2.75, 3.05) is 7.05 Å². The van der Waals surface area contributed by atoms with Gasteiger partial charge >= 0.3 is 5.97 Å². The van der Waals surface area contributed by atoms with Crippen molar-refractivity contribution in [1.29, 1.82) is 0 Å². The molecule has 1 atom stereocenters. The van der Waals surface area contributed by atoms with Gasteiger partial charge in [0.15, 0.2) is 0 Å². The average Bonchev–Trinajstić information content (AvgIpc) is 2.24. The number of hydrogen-bond donors (Lipinski definition) is 1. The molecule has 1 aromatic rings. The first-order chi connectivity index (χ1) is 7.82. The number of rotatable bonds is 3. The summed E-state index contributed by atoms with van der Waals surface area (Å²) in [4.78, 5) is 24.1. The summed E-state index contributed by atoms with van der Waals surface area (Å²) in [7, 11) is 1.48. The number of carboxylic acid groups (broad SMARTS) is 1. The van der Waals surface area contributed by atoms with Crippen LogP contribution in [-0.4, -0.2) is 35.0 Å². The first-order valence-electron chi connectivity index (χ1n) is 5.10. The lowest BCUT2D eigenvalue weighted by Gasteiger charge is -2.21. The zero-order valence-electron chi connectivity index (χ0n) is 9.90. The molecule has 4 nitrogen and oxygen atoms in total. The van der Waals surface area contributed by atoms with Gasteiger partial charge in [-0.05, 0) is 37.6 Å². The van der Waals surface area contributed by atoms with Crippen molar-refractivity contribution in [3.05, 3.63) is 33.8 Å². The Hall–Kier alpha value is -1.36. The van der Waals surface area contributed by atoms with Crippen LogP contribution in [0.1, 0.15) is 22.8 Å². The third-order valence-electron chi connectivity index (χ3n) is 2.55. The van der Waals surface area contributed by atoms with Crippen molar-refractivity contribution < 1.29 is 14.7 Å². The van der Waals surface area contributed by atoms with Gasteiger partial charge in [0, 0.05) is 17.1 Å². The van der Waals surface area contributed by atoms with Crippen molar-refractivity contribution in [1.82, 2.24) is 4.90 Å². The first-order valence-corrected chi connectivity index (χ1v) is 5.89. The van der Waals surface area contributed by atoms with Crippen LogP contribution in [0.4, 0.5) is 0 Å². The number of amides is 1. The number of carboxylic acids is 1. The molecule has 1 amide bonds. The molecule has 1 aromatic carbocycles. The lowest BCUT2D eigenvalue weighted by Crippen LogP contribution is -2.40. The minimum absolute atomic E-state index is 0.302. The van der Waals surface area contributed by atoms with E-state index in [0.29, 0.717) is 5.56 Å². The molecule has 0 saturated carbocycles. The maximum Gasteiger partial charge on any atom is 0.326 e. The highest BCUT2D eigenvalue weighted by Gasteiger charge is 2.22. The standard InChI is InChI=1S/C12H14BrNO3/c1-7-4-9(6-10(13)5-7)11(15)14(3)8(2)12(16)17/h4-6,8H,1-3H3,(H,16,17). The van der Waals surface area contributed by atoms with E-state index in [0.717, 1.165) is 10.0 Å². The average molecular weight is 300 g/mol. The van der Waals surface area contributed by atoms with Crippen LogP contribution in [-0.2, 0) is 4.79 Å². The Bertz CT molecular complexity index is 439. The number of benzene rings is 1. The summed E-state index contributed by atoms with van der Waals surface area (Å²) in [6.45, 7) is 3.35.